The Kier molecular flexibility index (Phi) is 12.9. The first-order valence-corrected chi connectivity index (χ1v) is 7.61. The van der Waals surface area contributed by atoms with Crippen molar-refractivity contribution in [3.63, 3.8) is 0 Å². The van der Waals surface area contributed by atoms with Crippen LogP contribution in [0, 0.1) is 0 Å². The summed E-state index contributed by atoms with van der Waals surface area (Å²) >= 11 is 0. The highest BCUT2D eigenvalue weighted by Crippen LogP contribution is 2.07. The van der Waals surface area contributed by atoms with Crippen LogP contribution < -0.4 is 10.6 Å². The van der Waals surface area contributed by atoms with Crippen molar-refractivity contribution >= 4 is 29.9 Å². The monoisotopic (exact) mass is 382 g/mol. The molecule has 0 amide bonds. The van der Waals surface area contributed by atoms with Gasteiger partial charge in [-0.25, -0.2) is 0 Å². The lowest BCUT2D eigenvalue weighted by Crippen LogP contribution is -2.42. The van der Waals surface area contributed by atoms with Gasteiger partial charge < -0.3 is 15.5 Å². The van der Waals surface area contributed by atoms with Crippen molar-refractivity contribution < 1.29 is 0 Å². The van der Waals surface area contributed by atoms with Gasteiger partial charge in [0.15, 0.2) is 5.96 Å². The van der Waals surface area contributed by atoms with Gasteiger partial charge in [-0.3, -0.25) is 4.99 Å². The number of hydrogen-bond donors (Lipinski definition) is 2. The second-order valence-corrected chi connectivity index (χ2v) is 4.94. The van der Waals surface area contributed by atoms with E-state index in [1.807, 2.05) is 0 Å². The Morgan fingerprint density at radius 1 is 1.11 bits per heavy atom. The van der Waals surface area contributed by atoms with Gasteiger partial charge in [-0.1, -0.05) is 19.8 Å². The smallest absolute Gasteiger partial charge is 0.191 e. The summed E-state index contributed by atoms with van der Waals surface area (Å²) in [7, 11) is 0. The third kappa shape index (κ3) is 9.49. The van der Waals surface area contributed by atoms with E-state index in [0.717, 1.165) is 32.1 Å². The van der Waals surface area contributed by atoms with Gasteiger partial charge in [0.1, 0.15) is 0 Å². The molecular weight excluding hydrogens is 351 g/mol. The van der Waals surface area contributed by atoms with Crippen molar-refractivity contribution in [3.05, 3.63) is 0 Å². The molecule has 1 heterocycles. The number of aliphatic imine (C=N–C) groups is 1. The summed E-state index contributed by atoms with van der Waals surface area (Å²) in [5.74, 6) is 0.975. The second kappa shape index (κ2) is 13.0. The predicted octanol–water partition coefficient (Wildman–Crippen LogP) is 2.45. The van der Waals surface area contributed by atoms with E-state index in [2.05, 4.69) is 34.4 Å². The standard InChI is InChI=1S/C14H30N4.HI/c1-3-5-9-16-14(15-4-2)17-10-13-18-11-7-6-8-12-18;/h3-13H2,1-2H3,(H2,15,16,17);1H. The molecule has 0 aromatic carbocycles. The van der Waals surface area contributed by atoms with E-state index < -0.39 is 0 Å². The average molecular weight is 382 g/mol. The molecule has 0 bridgehead atoms. The maximum atomic E-state index is 4.56. The van der Waals surface area contributed by atoms with Crippen molar-refractivity contribution in [3.8, 4) is 0 Å². The maximum Gasteiger partial charge on any atom is 0.191 e. The van der Waals surface area contributed by atoms with Gasteiger partial charge >= 0.3 is 0 Å². The minimum atomic E-state index is 0. The SMILES string of the molecule is CCCCN=C(NCC)NCCN1CCCCC1.I. The Morgan fingerprint density at radius 3 is 2.47 bits per heavy atom. The molecule has 0 radical (unpaired) electrons. The number of piperidine rings is 1. The van der Waals surface area contributed by atoms with Gasteiger partial charge in [-0.05, 0) is 39.3 Å². The van der Waals surface area contributed by atoms with Crippen molar-refractivity contribution in [2.24, 2.45) is 4.99 Å². The molecule has 4 nitrogen and oxygen atoms in total. The fourth-order valence-corrected chi connectivity index (χ4v) is 2.21. The summed E-state index contributed by atoms with van der Waals surface area (Å²) in [4.78, 5) is 7.11. The molecule has 0 atom stereocenters. The van der Waals surface area contributed by atoms with Crippen molar-refractivity contribution in [2.75, 3.05) is 39.3 Å². The molecule has 1 fully saturated rings. The van der Waals surface area contributed by atoms with E-state index in [-0.39, 0.29) is 24.0 Å². The molecule has 1 saturated heterocycles. The third-order valence-electron chi connectivity index (χ3n) is 3.29. The fourth-order valence-electron chi connectivity index (χ4n) is 2.21. The van der Waals surface area contributed by atoms with Crippen LogP contribution in [-0.4, -0.2) is 50.1 Å². The molecule has 1 aliphatic heterocycles. The Bertz CT molecular complexity index is 227. The van der Waals surface area contributed by atoms with Crippen LogP contribution in [0.5, 0.6) is 0 Å². The molecule has 2 N–H and O–H groups in total. The Hall–Kier alpha value is -0.0400. The van der Waals surface area contributed by atoms with Crippen LogP contribution in [0.4, 0.5) is 0 Å². The number of halogens is 1. The number of unbranched alkanes of at least 4 members (excludes halogenated alkanes) is 1. The minimum absolute atomic E-state index is 0. The van der Waals surface area contributed by atoms with Crippen molar-refractivity contribution in [2.45, 2.75) is 46.0 Å². The Labute approximate surface area is 135 Å². The molecule has 0 aromatic rings. The number of nitrogens with one attached hydrogen (secondary N) is 2. The van der Waals surface area contributed by atoms with Crippen LogP contribution in [0.2, 0.25) is 0 Å². The van der Waals surface area contributed by atoms with Crippen LogP contribution in [0.1, 0.15) is 46.0 Å². The third-order valence-corrected chi connectivity index (χ3v) is 3.29. The number of hydrogen-bond acceptors (Lipinski definition) is 2. The quantitative estimate of drug-likeness (QED) is 0.308. The zero-order valence-corrected chi connectivity index (χ0v) is 14.9. The lowest BCUT2D eigenvalue weighted by atomic mass is 10.1. The summed E-state index contributed by atoms with van der Waals surface area (Å²) in [5.41, 5.74) is 0. The molecule has 1 rings (SSSR count). The van der Waals surface area contributed by atoms with Gasteiger partial charge in [0, 0.05) is 26.2 Å². The minimum Gasteiger partial charge on any atom is -0.357 e. The summed E-state index contributed by atoms with van der Waals surface area (Å²) in [6.45, 7) is 10.8. The topological polar surface area (TPSA) is 39.7 Å². The number of rotatable bonds is 7. The highest BCUT2D eigenvalue weighted by Gasteiger charge is 2.09. The zero-order chi connectivity index (χ0) is 13.1. The lowest BCUT2D eigenvalue weighted by Gasteiger charge is -2.26. The van der Waals surface area contributed by atoms with E-state index >= 15 is 0 Å². The zero-order valence-electron chi connectivity index (χ0n) is 12.6. The fraction of sp³-hybridized carbons (Fsp3) is 0.929. The Balaban J connectivity index is 0.00000324. The molecule has 0 aliphatic carbocycles. The van der Waals surface area contributed by atoms with Gasteiger partial charge in [0.2, 0.25) is 0 Å². The van der Waals surface area contributed by atoms with Crippen LogP contribution in [-0.2, 0) is 0 Å². The van der Waals surface area contributed by atoms with Gasteiger partial charge in [0.05, 0.1) is 0 Å². The first kappa shape index (κ1) is 19.0. The van der Waals surface area contributed by atoms with Crippen LogP contribution >= 0.6 is 24.0 Å². The molecule has 0 aromatic heterocycles. The molecule has 19 heavy (non-hydrogen) atoms. The Morgan fingerprint density at radius 2 is 1.84 bits per heavy atom. The van der Waals surface area contributed by atoms with Crippen molar-refractivity contribution in [1.82, 2.24) is 15.5 Å². The molecule has 0 spiro atoms. The van der Waals surface area contributed by atoms with E-state index in [4.69, 9.17) is 0 Å². The average Bonchev–Trinajstić information content (AvgIpc) is 2.40. The summed E-state index contributed by atoms with van der Waals surface area (Å²) < 4.78 is 0. The normalized spacial score (nSPS) is 16.8. The number of nitrogens with zero attached hydrogens (tertiary/aromatic N) is 2. The molecule has 0 unspecified atom stereocenters. The predicted molar refractivity (Wildman–Crippen MR) is 94.6 cm³/mol. The first-order chi connectivity index (χ1) is 8.86. The molecule has 5 heteroatoms. The largest absolute Gasteiger partial charge is 0.357 e. The van der Waals surface area contributed by atoms with Gasteiger partial charge in [-0.2, -0.15) is 0 Å². The lowest BCUT2D eigenvalue weighted by molar-refractivity contribution is 0.232. The summed E-state index contributed by atoms with van der Waals surface area (Å²) in [6, 6.07) is 0. The van der Waals surface area contributed by atoms with Crippen molar-refractivity contribution in [1.29, 1.82) is 0 Å². The van der Waals surface area contributed by atoms with E-state index in [9.17, 15) is 0 Å². The van der Waals surface area contributed by atoms with E-state index in [1.54, 1.807) is 0 Å². The highest BCUT2D eigenvalue weighted by molar-refractivity contribution is 14.0. The van der Waals surface area contributed by atoms with Crippen LogP contribution in [0.3, 0.4) is 0 Å². The first-order valence-electron chi connectivity index (χ1n) is 7.61. The second-order valence-electron chi connectivity index (χ2n) is 4.94. The summed E-state index contributed by atoms with van der Waals surface area (Å²) in [5, 5.41) is 6.72. The van der Waals surface area contributed by atoms with Gasteiger partial charge in [0.25, 0.3) is 0 Å². The number of likely N-dealkylation sites (tertiary alicyclic amines) is 1. The van der Waals surface area contributed by atoms with E-state index in [1.165, 1.54) is 45.2 Å². The molecule has 1 aliphatic rings. The molecular formula is C14H31IN4. The highest BCUT2D eigenvalue weighted by atomic mass is 127. The van der Waals surface area contributed by atoms with E-state index in [0.29, 0.717) is 0 Å². The van der Waals surface area contributed by atoms with Gasteiger partial charge in [-0.15, -0.1) is 24.0 Å². The maximum absolute atomic E-state index is 4.56. The van der Waals surface area contributed by atoms with Crippen LogP contribution in [0.25, 0.3) is 0 Å². The van der Waals surface area contributed by atoms with Crippen LogP contribution in [0.15, 0.2) is 4.99 Å². The number of guanidine groups is 1. The summed E-state index contributed by atoms with van der Waals surface area (Å²) in [6.07, 6.45) is 6.51. The molecule has 0 saturated carbocycles. The molecule has 114 valence electrons.